The monoisotopic (exact) mass is 276 g/mol. The molecule has 1 amide bonds. The Kier molecular flexibility index (Phi) is 5.15. The zero-order valence-corrected chi connectivity index (χ0v) is 12.4. The van der Waals surface area contributed by atoms with Crippen LogP contribution in [0.4, 0.5) is 0 Å². The Labute approximate surface area is 121 Å². The van der Waals surface area contributed by atoms with Crippen LogP contribution in [0, 0.1) is 5.92 Å². The summed E-state index contributed by atoms with van der Waals surface area (Å²) in [5.41, 5.74) is 1.93. The SMILES string of the molecule is CN(C)C(=O)c1cccc(CN2CCC(CO)CC2)c1. The number of carbonyl (C=O) groups excluding carboxylic acids is 1. The first kappa shape index (κ1) is 15.0. The summed E-state index contributed by atoms with van der Waals surface area (Å²) in [4.78, 5) is 16.0. The number of aliphatic hydroxyl groups is 1. The van der Waals surface area contributed by atoms with E-state index in [-0.39, 0.29) is 5.91 Å². The molecule has 1 N–H and O–H groups in total. The smallest absolute Gasteiger partial charge is 0.253 e. The average molecular weight is 276 g/mol. The van der Waals surface area contributed by atoms with Crippen molar-refractivity contribution < 1.29 is 9.90 Å². The zero-order chi connectivity index (χ0) is 14.5. The van der Waals surface area contributed by atoms with Gasteiger partial charge in [0.25, 0.3) is 5.91 Å². The number of nitrogens with zero attached hydrogens (tertiary/aromatic N) is 2. The van der Waals surface area contributed by atoms with Crippen molar-refractivity contribution in [2.75, 3.05) is 33.8 Å². The molecule has 110 valence electrons. The van der Waals surface area contributed by atoms with Gasteiger partial charge in [-0.05, 0) is 49.5 Å². The van der Waals surface area contributed by atoms with E-state index in [2.05, 4.69) is 11.0 Å². The highest BCUT2D eigenvalue weighted by Crippen LogP contribution is 2.19. The Morgan fingerprint density at radius 1 is 1.35 bits per heavy atom. The van der Waals surface area contributed by atoms with Gasteiger partial charge < -0.3 is 10.0 Å². The highest BCUT2D eigenvalue weighted by molar-refractivity contribution is 5.94. The highest BCUT2D eigenvalue weighted by Gasteiger charge is 2.18. The number of rotatable bonds is 4. The lowest BCUT2D eigenvalue weighted by Crippen LogP contribution is -2.34. The second-order valence-corrected chi connectivity index (χ2v) is 5.80. The molecule has 1 saturated heterocycles. The van der Waals surface area contributed by atoms with Crippen LogP contribution in [0.2, 0.25) is 0 Å². The van der Waals surface area contributed by atoms with E-state index in [4.69, 9.17) is 5.11 Å². The minimum Gasteiger partial charge on any atom is -0.396 e. The van der Waals surface area contributed by atoms with Gasteiger partial charge in [-0.3, -0.25) is 9.69 Å². The molecule has 4 nitrogen and oxygen atoms in total. The largest absolute Gasteiger partial charge is 0.396 e. The van der Waals surface area contributed by atoms with Crippen molar-refractivity contribution in [2.45, 2.75) is 19.4 Å². The summed E-state index contributed by atoms with van der Waals surface area (Å²) >= 11 is 0. The Morgan fingerprint density at radius 2 is 2.05 bits per heavy atom. The van der Waals surface area contributed by atoms with E-state index in [1.807, 2.05) is 18.2 Å². The number of piperidine rings is 1. The summed E-state index contributed by atoms with van der Waals surface area (Å²) in [7, 11) is 3.54. The average Bonchev–Trinajstić information content (AvgIpc) is 2.47. The number of benzene rings is 1. The molecule has 0 radical (unpaired) electrons. The summed E-state index contributed by atoms with van der Waals surface area (Å²) in [5.74, 6) is 0.513. The number of amides is 1. The summed E-state index contributed by atoms with van der Waals surface area (Å²) in [6.45, 7) is 3.24. The second-order valence-electron chi connectivity index (χ2n) is 5.80. The molecule has 1 aliphatic rings. The van der Waals surface area contributed by atoms with Crippen molar-refractivity contribution in [3.63, 3.8) is 0 Å². The normalized spacial score (nSPS) is 17.1. The van der Waals surface area contributed by atoms with Gasteiger partial charge in [0.2, 0.25) is 0 Å². The topological polar surface area (TPSA) is 43.8 Å². The van der Waals surface area contributed by atoms with Crippen molar-refractivity contribution in [3.8, 4) is 0 Å². The van der Waals surface area contributed by atoms with Gasteiger partial charge in [-0.25, -0.2) is 0 Å². The first-order valence-corrected chi connectivity index (χ1v) is 7.24. The van der Waals surface area contributed by atoms with E-state index in [1.165, 1.54) is 5.56 Å². The molecule has 1 fully saturated rings. The lowest BCUT2D eigenvalue weighted by molar-refractivity contribution is 0.0827. The van der Waals surface area contributed by atoms with Crippen LogP contribution in [0.1, 0.15) is 28.8 Å². The predicted molar refractivity (Wildman–Crippen MR) is 79.5 cm³/mol. The first-order valence-electron chi connectivity index (χ1n) is 7.24. The molecule has 4 heteroatoms. The molecule has 0 saturated carbocycles. The molecular weight excluding hydrogens is 252 g/mol. The van der Waals surface area contributed by atoms with Gasteiger partial charge in [0.15, 0.2) is 0 Å². The van der Waals surface area contributed by atoms with Gasteiger partial charge >= 0.3 is 0 Å². The van der Waals surface area contributed by atoms with Crippen LogP contribution >= 0.6 is 0 Å². The van der Waals surface area contributed by atoms with Crippen LogP contribution < -0.4 is 0 Å². The van der Waals surface area contributed by atoms with Crippen molar-refractivity contribution in [2.24, 2.45) is 5.92 Å². The molecular formula is C16H24N2O2. The standard InChI is InChI=1S/C16H24N2O2/c1-17(2)16(20)15-5-3-4-14(10-15)11-18-8-6-13(12-19)7-9-18/h3-5,10,13,19H,6-9,11-12H2,1-2H3. The second kappa shape index (κ2) is 6.86. The van der Waals surface area contributed by atoms with Crippen LogP contribution in [0.25, 0.3) is 0 Å². The number of carbonyl (C=O) groups is 1. The van der Waals surface area contributed by atoms with E-state index in [1.54, 1.807) is 19.0 Å². The third kappa shape index (κ3) is 3.81. The van der Waals surface area contributed by atoms with Crippen LogP contribution in [0.3, 0.4) is 0 Å². The lowest BCUT2D eigenvalue weighted by atomic mass is 9.97. The zero-order valence-electron chi connectivity index (χ0n) is 12.4. The number of likely N-dealkylation sites (tertiary alicyclic amines) is 1. The summed E-state index contributed by atoms with van der Waals surface area (Å²) in [6.07, 6.45) is 2.12. The number of hydrogen-bond acceptors (Lipinski definition) is 3. The maximum absolute atomic E-state index is 12.0. The predicted octanol–water partition coefficient (Wildman–Crippen LogP) is 1.59. The van der Waals surface area contributed by atoms with E-state index in [9.17, 15) is 4.79 Å². The van der Waals surface area contributed by atoms with Crippen LogP contribution in [-0.2, 0) is 6.54 Å². The third-order valence-electron chi connectivity index (χ3n) is 3.95. The summed E-state index contributed by atoms with van der Waals surface area (Å²) < 4.78 is 0. The Hall–Kier alpha value is -1.39. The molecule has 1 aromatic rings. The maximum atomic E-state index is 12.0. The lowest BCUT2D eigenvalue weighted by Gasteiger charge is -2.31. The molecule has 2 rings (SSSR count). The van der Waals surface area contributed by atoms with Gasteiger partial charge in [0, 0.05) is 32.8 Å². The number of aliphatic hydroxyl groups excluding tert-OH is 1. The Morgan fingerprint density at radius 3 is 2.65 bits per heavy atom. The van der Waals surface area contributed by atoms with Crippen molar-refractivity contribution >= 4 is 5.91 Å². The molecule has 20 heavy (non-hydrogen) atoms. The molecule has 0 atom stereocenters. The minimum atomic E-state index is 0.0471. The van der Waals surface area contributed by atoms with Gasteiger partial charge in [0.05, 0.1) is 0 Å². The Balaban J connectivity index is 1.97. The maximum Gasteiger partial charge on any atom is 0.253 e. The van der Waals surface area contributed by atoms with E-state index >= 15 is 0 Å². The van der Waals surface area contributed by atoms with Gasteiger partial charge in [-0.1, -0.05) is 12.1 Å². The fraction of sp³-hybridized carbons (Fsp3) is 0.562. The minimum absolute atomic E-state index is 0.0471. The van der Waals surface area contributed by atoms with Crippen LogP contribution in [-0.4, -0.2) is 54.6 Å². The van der Waals surface area contributed by atoms with Gasteiger partial charge in [0.1, 0.15) is 0 Å². The quantitative estimate of drug-likeness (QED) is 0.908. The molecule has 0 bridgehead atoms. The van der Waals surface area contributed by atoms with E-state index in [0.717, 1.165) is 38.0 Å². The van der Waals surface area contributed by atoms with Crippen molar-refractivity contribution in [3.05, 3.63) is 35.4 Å². The fourth-order valence-electron chi connectivity index (χ4n) is 2.65. The van der Waals surface area contributed by atoms with Crippen molar-refractivity contribution in [1.29, 1.82) is 0 Å². The van der Waals surface area contributed by atoms with Crippen molar-refractivity contribution in [1.82, 2.24) is 9.80 Å². The third-order valence-corrected chi connectivity index (χ3v) is 3.95. The number of hydrogen-bond donors (Lipinski definition) is 1. The van der Waals surface area contributed by atoms with E-state index < -0.39 is 0 Å². The molecule has 0 spiro atoms. The first-order chi connectivity index (χ1) is 9.60. The molecule has 0 unspecified atom stereocenters. The van der Waals surface area contributed by atoms with E-state index in [0.29, 0.717) is 12.5 Å². The molecule has 0 aromatic heterocycles. The molecule has 1 aromatic carbocycles. The molecule has 1 aliphatic heterocycles. The van der Waals surface area contributed by atoms with Crippen LogP contribution in [0.5, 0.6) is 0 Å². The molecule has 0 aliphatic carbocycles. The van der Waals surface area contributed by atoms with Crippen LogP contribution in [0.15, 0.2) is 24.3 Å². The summed E-state index contributed by atoms with van der Waals surface area (Å²) in [5, 5.41) is 9.16. The summed E-state index contributed by atoms with van der Waals surface area (Å²) in [6, 6.07) is 7.88. The molecule has 1 heterocycles. The fourth-order valence-corrected chi connectivity index (χ4v) is 2.65. The van der Waals surface area contributed by atoms with Gasteiger partial charge in [-0.2, -0.15) is 0 Å². The Bertz CT molecular complexity index is 452. The highest BCUT2D eigenvalue weighted by atomic mass is 16.3. The van der Waals surface area contributed by atoms with Gasteiger partial charge in [-0.15, -0.1) is 0 Å².